The highest BCUT2D eigenvalue weighted by atomic mass is 32.2. The summed E-state index contributed by atoms with van der Waals surface area (Å²) in [5.41, 5.74) is -0.0679. The fraction of sp³-hybridized carbons (Fsp3) is 0.300. The number of carboxylic acid groups (broad SMARTS) is 1. The van der Waals surface area contributed by atoms with Crippen LogP contribution >= 0.6 is 0 Å². The first-order chi connectivity index (χ1) is 7.31. The molecule has 0 saturated heterocycles. The van der Waals surface area contributed by atoms with Crippen molar-refractivity contribution < 1.29 is 18.3 Å². The fourth-order valence-corrected chi connectivity index (χ4v) is 1.57. The number of sulfonamides is 1. The highest BCUT2D eigenvalue weighted by Crippen LogP contribution is 2.07. The third-order valence-corrected chi connectivity index (χ3v) is 2.07. The molecule has 0 radical (unpaired) electrons. The molecule has 0 heterocycles. The van der Waals surface area contributed by atoms with Crippen LogP contribution in [0.2, 0.25) is 0 Å². The first-order valence-corrected chi connectivity index (χ1v) is 6.41. The van der Waals surface area contributed by atoms with Gasteiger partial charge in [-0.2, -0.15) is 0 Å². The second-order valence-electron chi connectivity index (χ2n) is 3.01. The molecular weight excluding hydrogens is 230 g/mol. The zero-order chi connectivity index (χ0) is 12.8. The summed E-state index contributed by atoms with van der Waals surface area (Å²) < 4.78 is 24.3. The maximum atomic E-state index is 11.1. The number of aliphatic carboxylic acids is 1. The van der Waals surface area contributed by atoms with Crippen molar-refractivity contribution >= 4 is 16.0 Å². The summed E-state index contributed by atoms with van der Waals surface area (Å²) >= 11 is 0. The minimum absolute atomic E-state index is 0.0376. The molecule has 2 N–H and O–H groups in total. The van der Waals surface area contributed by atoms with E-state index in [2.05, 4.69) is 4.72 Å². The number of allylic oxidation sites excluding steroid dienone is 3. The molecule has 0 atom stereocenters. The highest BCUT2D eigenvalue weighted by molar-refractivity contribution is 7.88. The Morgan fingerprint density at radius 3 is 2.00 bits per heavy atom. The Bertz CT molecular complexity index is 443. The van der Waals surface area contributed by atoms with Crippen LogP contribution in [0.3, 0.4) is 0 Å². The summed E-state index contributed by atoms with van der Waals surface area (Å²) in [6.07, 6.45) is 6.77. The number of hydrogen-bond donors (Lipinski definition) is 2. The van der Waals surface area contributed by atoms with Crippen molar-refractivity contribution in [3.05, 3.63) is 35.6 Å². The van der Waals surface area contributed by atoms with E-state index < -0.39 is 16.0 Å². The number of carboxylic acids is 1. The molecule has 0 rings (SSSR count). The summed E-state index contributed by atoms with van der Waals surface area (Å²) in [6.45, 7) is 3.32. The average molecular weight is 245 g/mol. The summed E-state index contributed by atoms with van der Waals surface area (Å²) in [5, 5.41) is 8.92. The summed E-state index contributed by atoms with van der Waals surface area (Å²) in [7, 11) is -3.50. The van der Waals surface area contributed by atoms with Gasteiger partial charge in [0.2, 0.25) is 10.0 Å². The SMILES string of the molecule is C\C=C/C(C(=O)O)=C(\C=C\C)NS(C)(=O)=O. The van der Waals surface area contributed by atoms with Gasteiger partial charge in [0.05, 0.1) is 17.5 Å². The lowest BCUT2D eigenvalue weighted by Gasteiger charge is -2.07. The molecule has 0 fully saturated rings. The van der Waals surface area contributed by atoms with E-state index in [4.69, 9.17) is 5.11 Å². The number of rotatable bonds is 5. The molecule has 0 bridgehead atoms. The Kier molecular flexibility index (Phi) is 5.52. The molecule has 0 aromatic carbocycles. The Morgan fingerprint density at radius 2 is 1.69 bits per heavy atom. The third-order valence-electron chi connectivity index (χ3n) is 1.48. The van der Waals surface area contributed by atoms with E-state index in [1.54, 1.807) is 19.9 Å². The van der Waals surface area contributed by atoms with Gasteiger partial charge in [0.1, 0.15) is 0 Å². The molecule has 0 aromatic heterocycles. The summed E-state index contributed by atoms with van der Waals surface area (Å²) in [5.74, 6) is -1.19. The van der Waals surface area contributed by atoms with Crippen molar-refractivity contribution in [2.45, 2.75) is 13.8 Å². The Labute approximate surface area is 95.2 Å². The van der Waals surface area contributed by atoms with Crippen molar-refractivity contribution in [3.63, 3.8) is 0 Å². The van der Waals surface area contributed by atoms with Gasteiger partial charge in [-0.1, -0.05) is 12.2 Å². The lowest BCUT2D eigenvalue weighted by atomic mass is 10.2. The van der Waals surface area contributed by atoms with Crippen LogP contribution in [0.25, 0.3) is 0 Å². The van der Waals surface area contributed by atoms with Crippen molar-refractivity contribution in [1.29, 1.82) is 0 Å². The van der Waals surface area contributed by atoms with E-state index in [0.717, 1.165) is 6.26 Å². The van der Waals surface area contributed by atoms with E-state index in [1.165, 1.54) is 18.2 Å². The van der Waals surface area contributed by atoms with Crippen LogP contribution in [-0.4, -0.2) is 25.7 Å². The minimum atomic E-state index is -3.50. The quantitative estimate of drug-likeness (QED) is 0.559. The first-order valence-electron chi connectivity index (χ1n) is 4.52. The average Bonchev–Trinajstić information content (AvgIpc) is 2.10. The molecule has 0 aliphatic rings. The van der Waals surface area contributed by atoms with E-state index >= 15 is 0 Å². The molecule has 0 aliphatic carbocycles. The van der Waals surface area contributed by atoms with Gasteiger partial charge < -0.3 is 5.11 Å². The van der Waals surface area contributed by atoms with Crippen molar-refractivity contribution in [2.24, 2.45) is 0 Å². The Hall–Kier alpha value is -1.56. The van der Waals surface area contributed by atoms with Crippen LogP contribution in [0, 0.1) is 0 Å². The predicted octanol–water partition coefficient (Wildman–Crippen LogP) is 1.03. The van der Waals surface area contributed by atoms with Crippen LogP contribution in [0.4, 0.5) is 0 Å². The normalized spacial score (nSPS) is 14.2. The number of nitrogens with one attached hydrogen (secondary N) is 1. The maximum absolute atomic E-state index is 11.1. The summed E-state index contributed by atoms with van der Waals surface area (Å²) in [4.78, 5) is 10.9. The van der Waals surface area contributed by atoms with Crippen LogP contribution in [0.1, 0.15) is 13.8 Å². The maximum Gasteiger partial charge on any atom is 0.337 e. The predicted molar refractivity (Wildman–Crippen MR) is 62.3 cm³/mol. The minimum Gasteiger partial charge on any atom is -0.478 e. The van der Waals surface area contributed by atoms with E-state index in [-0.39, 0.29) is 11.3 Å². The zero-order valence-corrected chi connectivity index (χ0v) is 10.2. The Balaban J connectivity index is 5.58. The van der Waals surface area contributed by atoms with Crippen LogP contribution in [0.5, 0.6) is 0 Å². The summed E-state index contributed by atoms with van der Waals surface area (Å²) in [6, 6.07) is 0. The van der Waals surface area contributed by atoms with Crippen LogP contribution in [-0.2, 0) is 14.8 Å². The Morgan fingerprint density at radius 1 is 1.19 bits per heavy atom. The highest BCUT2D eigenvalue weighted by Gasteiger charge is 2.12. The van der Waals surface area contributed by atoms with Gasteiger partial charge >= 0.3 is 5.97 Å². The van der Waals surface area contributed by atoms with Gasteiger partial charge in [-0.15, -0.1) is 0 Å². The molecule has 6 heteroatoms. The van der Waals surface area contributed by atoms with Gasteiger partial charge in [-0.05, 0) is 26.0 Å². The van der Waals surface area contributed by atoms with Crippen molar-refractivity contribution in [1.82, 2.24) is 4.72 Å². The van der Waals surface area contributed by atoms with Crippen LogP contribution in [0.15, 0.2) is 35.6 Å². The van der Waals surface area contributed by atoms with Crippen LogP contribution < -0.4 is 4.72 Å². The monoisotopic (exact) mass is 245 g/mol. The molecule has 16 heavy (non-hydrogen) atoms. The molecule has 0 spiro atoms. The standard InChI is InChI=1S/C10H15NO4S/c1-4-6-8(10(12)13)9(7-5-2)11-16(3,14)15/h4-7,11H,1-3H3,(H,12,13)/b6-4-,7-5+,9-8-. The molecule has 0 saturated carbocycles. The van der Waals surface area contributed by atoms with E-state index in [0.29, 0.717) is 0 Å². The van der Waals surface area contributed by atoms with Gasteiger partial charge in [0.25, 0.3) is 0 Å². The van der Waals surface area contributed by atoms with E-state index in [1.807, 2.05) is 0 Å². The topological polar surface area (TPSA) is 83.5 Å². The second kappa shape index (κ2) is 6.12. The van der Waals surface area contributed by atoms with Crippen molar-refractivity contribution in [2.75, 3.05) is 6.26 Å². The van der Waals surface area contributed by atoms with E-state index in [9.17, 15) is 13.2 Å². The smallest absolute Gasteiger partial charge is 0.337 e. The molecule has 0 aromatic rings. The fourth-order valence-electron chi connectivity index (χ4n) is 0.988. The first kappa shape index (κ1) is 14.4. The van der Waals surface area contributed by atoms with Gasteiger partial charge in [-0.25, -0.2) is 13.2 Å². The molecule has 0 aliphatic heterocycles. The van der Waals surface area contributed by atoms with Gasteiger partial charge in [0, 0.05) is 0 Å². The molecule has 0 amide bonds. The largest absolute Gasteiger partial charge is 0.478 e. The van der Waals surface area contributed by atoms with Gasteiger partial charge in [-0.3, -0.25) is 4.72 Å². The van der Waals surface area contributed by atoms with Crippen molar-refractivity contribution in [3.8, 4) is 0 Å². The lowest BCUT2D eigenvalue weighted by molar-refractivity contribution is -0.132. The lowest BCUT2D eigenvalue weighted by Crippen LogP contribution is -2.23. The number of hydrogen-bond acceptors (Lipinski definition) is 3. The molecule has 0 unspecified atom stereocenters. The number of carbonyl (C=O) groups is 1. The van der Waals surface area contributed by atoms with Gasteiger partial charge in [0.15, 0.2) is 0 Å². The molecular formula is C10H15NO4S. The third kappa shape index (κ3) is 5.35. The zero-order valence-electron chi connectivity index (χ0n) is 9.39. The second-order valence-corrected chi connectivity index (χ2v) is 4.76. The molecule has 5 nitrogen and oxygen atoms in total. The molecule has 90 valence electrons.